The molecule has 1 aliphatic rings. The molecule has 0 saturated carbocycles. The molecular weight excluding hydrogens is 391 g/mol. The van der Waals surface area contributed by atoms with Crippen molar-refractivity contribution in [2.45, 2.75) is 5.60 Å². The molecule has 4 aromatic carbocycles. The molecule has 1 aliphatic heterocycles. The van der Waals surface area contributed by atoms with E-state index in [0.717, 1.165) is 33.4 Å². The van der Waals surface area contributed by atoms with Gasteiger partial charge in [-0.25, -0.2) is 4.39 Å². The van der Waals surface area contributed by atoms with Gasteiger partial charge in [0.1, 0.15) is 23.1 Å². The Balaban J connectivity index is 1.71. The van der Waals surface area contributed by atoms with Crippen molar-refractivity contribution in [1.29, 1.82) is 0 Å². The number of fused-ring (bicyclic) bond motifs is 3. The van der Waals surface area contributed by atoms with Crippen molar-refractivity contribution in [3.63, 3.8) is 0 Å². The van der Waals surface area contributed by atoms with Crippen LogP contribution in [0.1, 0.15) is 16.7 Å². The highest BCUT2D eigenvalue weighted by Crippen LogP contribution is 2.45. The molecule has 3 nitrogen and oxygen atoms in total. The first-order valence-electron chi connectivity index (χ1n) is 10.0. The van der Waals surface area contributed by atoms with E-state index in [1.807, 2.05) is 72.8 Å². The van der Waals surface area contributed by atoms with Gasteiger partial charge in [0.15, 0.2) is 5.60 Å². The predicted octanol–water partition coefficient (Wildman–Crippen LogP) is 6.35. The molecule has 1 atom stereocenters. The summed E-state index contributed by atoms with van der Waals surface area (Å²) in [5.41, 5.74) is 1.14. The van der Waals surface area contributed by atoms with Crippen molar-refractivity contribution < 1.29 is 18.6 Å². The third-order valence-electron chi connectivity index (χ3n) is 5.78. The van der Waals surface area contributed by atoms with Crippen LogP contribution in [-0.2, 0) is 5.60 Å². The average molecular weight is 412 g/mol. The van der Waals surface area contributed by atoms with Gasteiger partial charge in [0, 0.05) is 16.7 Å². The monoisotopic (exact) mass is 412 g/mol. The number of halogens is 1. The summed E-state index contributed by atoms with van der Waals surface area (Å²) in [6.45, 7) is 0. The second-order valence-corrected chi connectivity index (χ2v) is 7.44. The van der Waals surface area contributed by atoms with Crippen LogP contribution in [0.4, 0.5) is 4.39 Å². The van der Waals surface area contributed by atoms with E-state index in [4.69, 9.17) is 14.2 Å². The highest BCUT2D eigenvalue weighted by molar-refractivity contribution is 5.94. The molecule has 0 radical (unpaired) electrons. The third kappa shape index (κ3) is 3.12. The lowest BCUT2D eigenvalue weighted by atomic mass is 9.83. The van der Waals surface area contributed by atoms with Gasteiger partial charge in [-0.05, 0) is 65.4 Å². The summed E-state index contributed by atoms with van der Waals surface area (Å²) in [7, 11) is 3.27. The van der Waals surface area contributed by atoms with Gasteiger partial charge in [0.05, 0.1) is 14.2 Å². The summed E-state index contributed by atoms with van der Waals surface area (Å²) < 4.78 is 32.3. The van der Waals surface area contributed by atoms with Crippen LogP contribution in [0.15, 0.2) is 84.9 Å². The zero-order chi connectivity index (χ0) is 21.4. The molecule has 31 heavy (non-hydrogen) atoms. The van der Waals surface area contributed by atoms with Gasteiger partial charge < -0.3 is 14.2 Å². The Bertz CT molecular complexity index is 1290. The molecule has 0 bridgehead atoms. The van der Waals surface area contributed by atoms with Gasteiger partial charge in [0.2, 0.25) is 0 Å². The van der Waals surface area contributed by atoms with Gasteiger partial charge in [-0.15, -0.1) is 0 Å². The minimum atomic E-state index is -1.09. The second-order valence-electron chi connectivity index (χ2n) is 7.44. The summed E-state index contributed by atoms with van der Waals surface area (Å²) in [5, 5.41) is 2.10. The SMILES string of the molecule is COc1ccc([C@]2(c3ccccc3F)C=Cc3c(ccc4cc(OC)ccc34)O2)cc1. The van der Waals surface area contributed by atoms with Crippen molar-refractivity contribution in [3.8, 4) is 17.2 Å². The summed E-state index contributed by atoms with van der Waals surface area (Å²) >= 11 is 0. The second kappa shape index (κ2) is 7.47. The first-order valence-corrected chi connectivity index (χ1v) is 10.0. The number of hydrogen-bond donors (Lipinski definition) is 0. The molecule has 4 heteroatoms. The molecule has 0 fully saturated rings. The van der Waals surface area contributed by atoms with E-state index in [0.29, 0.717) is 11.3 Å². The van der Waals surface area contributed by atoms with Crippen molar-refractivity contribution in [3.05, 3.63) is 107 Å². The van der Waals surface area contributed by atoms with Crippen LogP contribution in [0.2, 0.25) is 0 Å². The maximum atomic E-state index is 15.0. The summed E-state index contributed by atoms with van der Waals surface area (Å²) in [4.78, 5) is 0. The molecule has 0 aliphatic carbocycles. The molecule has 4 aromatic rings. The first kappa shape index (κ1) is 19.2. The molecule has 5 rings (SSSR count). The zero-order valence-corrected chi connectivity index (χ0v) is 17.3. The van der Waals surface area contributed by atoms with E-state index < -0.39 is 5.60 Å². The van der Waals surface area contributed by atoms with Crippen LogP contribution >= 0.6 is 0 Å². The molecular formula is C27H21FO3. The van der Waals surface area contributed by atoms with Crippen molar-refractivity contribution >= 4 is 16.8 Å². The smallest absolute Gasteiger partial charge is 0.180 e. The van der Waals surface area contributed by atoms with E-state index >= 15 is 4.39 Å². The van der Waals surface area contributed by atoms with E-state index in [-0.39, 0.29) is 5.82 Å². The largest absolute Gasteiger partial charge is 0.497 e. The topological polar surface area (TPSA) is 27.7 Å². The Kier molecular flexibility index (Phi) is 4.63. The lowest BCUT2D eigenvalue weighted by Gasteiger charge is -2.36. The quantitative estimate of drug-likeness (QED) is 0.391. The van der Waals surface area contributed by atoms with Gasteiger partial charge in [-0.1, -0.05) is 36.4 Å². The maximum absolute atomic E-state index is 15.0. The normalized spacial score (nSPS) is 17.1. The van der Waals surface area contributed by atoms with Crippen molar-refractivity contribution in [2.24, 2.45) is 0 Å². The van der Waals surface area contributed by atoms with Crippen molar-refractivity contribution in [2.75, 3.05) is 14.2 Å². The fourth-order valence-electron chi connectivity index (χ4n) is 4.16. The number of ether oxygens (including phenoxy) is 3. The van der Waals surface area contributed by atoms with Gasteiger partial charge >= 0.3 is 0 Å². The van der Waals surface area contributed by atoms with Crippen LogP contribution in [0, 0.1) is 5.82 Å². The molecule has 0 aromatic heterocycles. The number of methoxy groups -OCH3 is 2. The molecule has 0 spiro atoms. The van der Waals surface area contributed by atoms with Crippen LogP contribution in [0.5, 0.6) is 17.2 Å². The Labute approximate surface area is 180 Å². The summed E-state index contributed by atoms with van der Waals surface area (Å²) in [5.74, 6) is 1.90. The molecule has 1 heterocycles. The molecule has 0 saturated heterocycles. The first-order chi connectivity index (χ1) is 15.1. The van der Waals surface area contributed by atoms with Gasteiger partial charge in [-0.3, -0.25) is 0 Å². The highest BCUT2D eigenvalue weighted by Gasteiger charge is 2.39. The van der Waals surface area contributed by atoms with E-state index in [2.05, 4.69) is 0 Å². The summed E-state index contributed by atoms with van der Waals surface area (Å²) in [6, 6.07) is 24.1. The zero-order valence-electron chi connectivity index (χ0n) is 17.3. The maximum Gasteiger partial charge on any atom is 0.180 e. The Hall–Kier alpha value is -3.79. The van der Waals surface area contributed by atoms with Gasteiger partial charge in [0.25, 0.3) is 0 Å². The predicted molar refractivity (Wildman–Crippen MR) is 120 cm³/mol. The summed E-state index contributed by atoms with van der Waals surface area (Å²) in [6.07, 6.45) is 3.95. The van der Waals surface area contributed by atoms with Crippen molar-refractivity contribution in [1.82, 2.24) is 0 Å². The Morgan fingerprint density at radius 1 is 0.806 bits per heavy atom. The lowest BCUT2D eigenvalue weighted by Crippen LogP contribution is -2.35. The van der Waals surface area contributed by atoms with E-state index in [1.165, 1.54) is 6.07 Å². The highest BCUT2D eigenvalue weighted by atomic mass is 19.1. The molecule has 154 valence electrons. The molecule has 0 unspecified atom stereocenters. The standard InChI is InChI=1S/C27H21FO3/c1-29-20-10-8-19(9-11-20)27(24-5-3-4-6-25(24)28)16-15-23-22-13-12-21(30-2)17-18(22)7-14-26(23)31-27/h3-17H,1-2H3/t27-/m0/s1. The molecule has 0 N–H and O–H groups in total. The molecule has 0 amide bonds. The van der Waals surface area contributed by atoms with Crippen LogP contribution in [-0.4, -0.2) is 14.2 Å². The van der Waals surface area contributed by atoms with Crippen LogP contribution in [0.3, 0.4) is 0 Å². The third-order valence-corrected chi connectivity index (χ3v) is 5.78. The Morgan fingerprint density at radius 3 is 2.29 bits per heavy atom. The van der Waals surface area contributed by atoms with Crippen LogP contribution in [0.25, 0.3) is 16.8 Å². The van der Waals surface area contributed by atoms with Crippen LogP contribution < -0.4 is 14.2 Å². The fraction of sp³-hybridized carbons (Fsp3) is 0.111. The lowest BCUT2D eigenvalue weighted by molar-refractivity contribution is 0.156. The fourth-order valence-corrected chi connectivity index (χ4v) is 4.16. The average Bonchev–Trinajstić information content (AvgIpc) is 2.83. The Morgan fingerprint density at radius 2 is 1.55 bits per heavy atom. The number of hydrogen-bond acceptors (Lipinski definition) is 3. The van der Waals surface area contributed by atoms with E-state index in [9.17, 15) is 0 Å². The number of benzene rings is 4. The number of rotatable bonds is 4. The van der Waals surface area contributed by atoms with Gasteiger partial charge in [-0.2, -0.15) is 0 Å². The van der Waals surface area contributed by atoms with E-state index in [1.54, 1.807) is 26.4 Å². The minimum absolute atomic E-state index is 0.322. The minimum Gasteiger partial charge on any atom is -0.497 e.